The molecule has 2 atom stereocenters. The minimum atomic E-state index is 0.654. The number of benzene rings is 1. The molecule has 0 aliphatic carbocycles. The number of nitrogens with one attached hydrogen (secondary N) is 1. The highest BCUT2D eigenvalue weighted by Gasteiger charge is 2.30. The molecule has 1 aromatic carbocycles. The van der Waals surface area contributed by atoms with Crippen molar-refractivity contribution in [1.29, 1.82) is 0 Å². The summed E-state index contributed by atoms with van der Waals surface area (Å²) < 4.78 is 0. The molecule has 1 N–H and O–H groups in total. The zero-order valence-electron chi connectivity index (χ0n) is 11.5. The lowest BCUT2D eigenvalue weighted by molar-refractivity contribution is 0.213. The average Bonchev–Trinajstić information content (AvgIpc) is 2.42. The monoisotopic (exact) mass is 265 g/mol. The van der Waals surface area contributed by atoms with Crippen LogP contribution in [0.1, 0.15) is 44.6 Å². The van der Waals surface area contributed by atoms with Crippen molar-refractivity contribution in [2.45, 2.75) is 39.0 Å². The fourth-order valence-electron chi connectivity index (χ4n) is 3.41. The molecule has 1 nitrogen and oxygen atoms in total. The number of hydrogen-bond acceptors (Lipinski definition) is 1. The zero-order valence-corrected chi connectivity index (χ0v) is 12.2. The van der Waals surface area contributed by atoms with Crippen LogP contribution in [0, 0.1) is 11.8 Å². The number of halogens is 1. The van der Waals surface area contributed by atoms with Gasteiger partial charge in [0.05, 0.1) is 0 Å². The molecule has 100 valence electrons. The highest BCUT2D eigenvalue weighted by Crippen LogP contribution is 2.37. The second-order valence-electron chi connectivity index (χ2n) is 5.39. The van der Waals surface area contributed by atoms with E-state index >= 15 is 0 Å². The van der Waals surface area contributed by atoms with Gasteiger partial charge in [0.25, 0.3) is 0 Å². The van der Waals surface area contributed by atoms with E-state index in [1.807, 2.05) is 12.1 Å². The second-order valence-corrected chi connectivity index (χ2v) is 5.83. The Balaban J connectivity index is 2.19. The first kappa shape index (κ1) is 13.9. The van der Waals surface area contributed by atoms with E-state index < -0.39 is 0 Å². The van der Waals surface area contributed by atoms with Gasteiger partial charge in [0.15, 0.2) is 0 Å². The van der Waals surface area contributed by atoms with E-state index in [0.717, 1.165) is 23.4 Å². The van der Waals surface area contributed by atoms with Gasteiger partial charge in [0.2, 0.25) is 0 Å². The molecule has 2 heteroatoms. The number of hydrogen-bond donors (Lipinski definition) is 1. The third kappa shape index (κ3) is 3.07. The van der Waals surface area contributed by atoms with E-state index in [9.17, 15) is 0 Å². The van der Waals surface area contributed by atoms with Crippen molar-refractivity contribution in [3.05, 3.63) is 34.9 Å². The van der Waals surface area contributed by atoms with Crippen molar-refractivity contribution in [3.63, 3.8) is 0 Å². The van der Waals surface area contributed by atoms with Gasteiger partial charge in [-0.15, -0.1) is 0 Å². The SMILES string of the molecule is CCC(CC)C1CCNCC1c1ccc(Cl)cc1. The summed E-state index contributed by atoms with van der Waals surface area (Å²) in [4.78, 5) is 0. The van der Waals surface area contributed by atoms with Gasteiger partial charge >= 0.3 is 0 Å². The molecule has 0 amide bonds. The topological polar surface area (TPSA) is 12.0 Å². The largest absolute Gasteiger partial charge is 0.316 e. The van der Waals surface area contributed by atoms with Crippen LogP contribution >= 0.6 is 11.6 Å². The molecule has 1 saturated heterocycles. The standard InChI is InChI=1S/C16H24ClN/c1-3-12(4-2)15-9-10-18-11-16(15)13-5-7-14(17)8-6-13/h5-8,12,15-16,18H,3-4,9-11H2,1-2H3. The van der Waals surface area contributed by atoms with Crippen LogP contribution in [0.3, 0.4) is 0 Å². The number of piperidine rings is 1. The van der Waals surface area contributed by atoms with Crippen molar-refractivity contribution in [2.75, 3.05) is 13.1 Å². The van der Waals surface area contributed by atoms with Gasteiger partial charge in [-0.1, -0.05) is 50.4 Å². The molecule has 1 aliphatic rings. The van der Waals surface area contributed by atoms with Crippen LogP contribution in [0.2, 0.25) is 5.02 Å². The van der Waals surface area contributed by atoms with E-state index in [1.165, 1.54) is 31.4 Å². The summed E-state index contributed by atoms with van der Waals surface area (Å²) >= 11 is 5.99. The third-order valence-corrected chi connectivity index (χ3v) is 4.74. The maximum atomic E-state index is 5.99. The highest BCUT2D eigenvalue weighted by molar-refractivity contribution is 6.30. The van der Waals surface area contributed by atoms with E-state index in [4.69, 9.17) is 11.6 Å². The van der Waals surface area contributed by atoms with Crippen LogP contribution in [-0.2, 0) is 0 Å². The van der Waals surface area contributed by atoms with Gasteiger partial charge in [0, 0.05) is 11.6 Å². The second kappa shape index (κ2) is 6.58. The zero-order chi connectivity index (χ0) is 13.0. The van der Waals surface area contributed by atoms with Crippen LogP contribution < -0.4 is 5.32 Å². The lowest BCUT2D eigenvalue weighted by Crippen LogP contribution is -2.38. The van der Waals surface area contributed by atoms with Crippen LogP contribution in [0.25, 0.3) is 0 Å². The quantitative estimate of drug-likeness (QED) is 0.847. The van der Waals surface area contributed by atoms with E-state index in [2.05, 4.69) is 31.3 Å². The Morgan fingerprint density at radius 1 is 1.22 bits per heavy atom. The predicted octanol–water partition coefficient (Wildman–Crippen LogP) is 4.47. The molecule has 0 bridgehead atoms. The summed E-state index contributed by atoms with van der Waals surface area (Å²) in [5, 5.41) is 4.38. The maximum absolute atomic E-state index is 5.99. The molecule has 2 unspecified atom stereocenters. The van der Waals surface area contributed by atoms with E-state index in [-0.39, 0.29) is 0 Å². The Bertz CT molecular complexity index is 356. The first-order valence-corrected chi connectivity index (χ1v) is 7.60. The van der Waals surface area contributed by atoms with Crippen LogP contribution in [0.15, 0.2) is 24.3 Å². The van der Waals surface area contributed by atoms with Crippen molar-refractivity contribution >= 4 is 11.6 Å². The van der Waals surface area contributed by atoms with Crippen molar-refractivity contribution < 1.29 is 0 Å². The maximum Gasteiger partial charge on any atom is 0.0406 e. The van der Waals surface area contributed by atoms with Gasteiger partial charge in [-0.25, -0.2) is 0 Å². The van der Waals surface area contributed by atoms with E-state index in [1.54, 1.807) is 0 Å². The van der Waals surface area contributed by atoms with Crippen molar-refractivity contribution in [2.24, 2.45) is 11.8 Å². The molecule has 2 rings (SSSR count). The average molecular weight is 266 g/mol. The molecule has 0 spiro atoms. The Hall–Kier alpha value is -0.530. The fourth-order valence-corrected chi connectivity index (χ4v) is 3.54. The van der Waals surface area contributed by atoms with E-state index in [0.29, 0.717) is 5.92 Å². The van der Waals surface area contributed by atoms with Gasteiger partial charge in [-0.3, -0.25) is 0 Å². The summed E-state index contributed by atoms with van der Waals surface area (Å²) in [5.41, 5.74) is 1.45. The Labute approximate surface area is 116 Å². The molecule has 1 aromatic rings. The first-order valence-electron chi connectivity index (χ1n) is 7.22. The molecule has 18 heavy (non-hydrogen) atoms. The summed E-state index contributed by atoms with van der Waals surface area (Å²) in [7, 11) is 0. The van der Waals surface area contributed by atoms with Crippen LogP contribution in [-0.4, -0.2) is 13.1 Å². The fraction of sp³-hybridized carbons (Fsp3) is 0.625. The van der Waals surface area contributed by atoms with Gasteiger partial charge in [0.1, 0.15) is 0 Å². The minimum Gasteiger partial charge on any atom is -0.316 e. The lowest BCUT2D eigenvalue weighted by atomic mass is 9.72. The van der Waals surface area contributed by atoms with Gasteiger partial charge < -0.3 is 5.32 Å². The molecule has 1 aliphatic heterocycles. The Kier molecular flexibility index (Phi) is 5.08. The van der Waals surface area contributed by atoms with Crippen LogP contribution in [0.5, 0.6) is 0 Å². The summed E-state index contributed by atoms with van der Waals surface area (Å²) in [6.45, 7) is 6.94. The normalized spacial score (nSPS) is 24.4. The first-order chi connectivity index (χ1) is 8.76. The lowest BCUT2D eigenvalue weighted by Gasteiger charge is -2.37. The molecular formula is C16H24ClN. The Morgan fingerprint density at radius 3 is 2.50 bits per heavy atom. The molecule has 0 aromatic heterocycles. The molecule has 0 radical (unpaired) electrons. The summed E-state index contributed by atoms with van der Waals surface area (Å²) in [6, 6.07) is 8.45. The highest BCUT2D eigenvalue weighted by atomic mass is 35.5. The molecular weight excluding hydrogens is 242 g/mol. The summed E-state index contributed by atoms with van der Waals surface area (Å²) in [6.07, 6.45) is 3.90. The van der Waals surface area contributed by atoms with Gasteiger partial charge in [-0.05, 0) is 48.4 Å². The molecule has 1 fully saturated rings. The third-order valence-electron chi connectivity index (χ3n) is 4.49. The van der Waals surface area contributed by atoms with Crippen molar-refractivity contribution in [1.82, 2.24) is 5.32 Å². The molecule has 0 saturated carbocycles. The van der Waals surface area contributed by atoms with Crippen LogP contribution in [0.4, 0.5) is 0 Å². The van der Waals surface area contributed by atoms with Crippen molar-refractivity contribution in [3.8, 4) is 0 Å². The number of rotatable bonds is 4. The molecule has 1 heterocycles. The Morgan fingerprint density at radius 2 is 1.89 bits per heavy atom. The smallest absolute Gasteiger partial charge is 0.0406 e. The predicted molar refractivity (Wildman–Crippen MR) is 79.2 cm³/mol. The summed E-state index contributed by atoms with van der Waals surface area (Å²) in [5.74, 6) is 2.33. The minimum absolute atomic E-state index is 0.654. The van der Waals surface area contributed by atoms with Gasteiger partial charge in [-0.2, -0.15) is 0 Å².